The normalized spacial score (nSPS) is 28.2. The quantitative estimate of drug-likeness (QED) is 0.635. The number of benzene rings is 1. The van der Waals surface area contributed by atoms with Crippen LogP contribution in [0.4, 0.5) is 13.2 Å². The molecule has 4 atom stereocenters. The average molecular weight is 456 g/mol. The number of imide groups is 1. The molecule has 2 fully saturated rings. The summed E-state index contributed by atoms with van der Waals surface area (Å²) >= 11 is 0. The van der Waals surface area contributed by atoms with Crippen LogP contribution in [0.15, 0.2) is 24.3 Å². The van der Waals surface area contributed by atoms with Gasteiger partial charge in [-0.05, 0) is 44.9 Å². The van der Waals surface area contributed by atoms with E-state index in [1.807, 2.05) is 6.92 Å². The molecular weight excluding hydrogens is 429 g/mol. The Bertz CT molecular complexity index is 927. The maximum absolute atomic E-state index is 13.4. The summed E-state index contributed by atoms with van der Waals surface area (Å²) in [4.78, 5) is 40.4. The van der Waals surface area contributed by atoms with E-state index in [1.165, 1.54) is 12.1 Å². The molecule has 7 nitrogen and oxygen atoms in total. The number of carbonyl (C=O) groups excluding carboxylic acids is 2. The molecule has 1 aromatic carbocycles. The average Bonchev–Trinajstić information content (AvgIpc) is 3.13. The lowest BCUT2D eigenvalue weighted by atomic mass is 9.76. The fourth-order valence-corrected chi connectivity index (χ4v) is 4.84. The molecule has 10 heteroatoms. The molecule has 0 radical (unpaired) electrons. The van der Waals surface area contributed by atoms with Crippen molar-refractivity contribution in [3.63, 3.8) is 0 Å². The van der Waals surface area contributed by atoms with Gasteiger partial charge in [0.05, 0.1) is 11.8 Å². The Morgan fingerprint density at radius 1 is 1.22 bits per heavy atom. The Kier molecular flexibility index (Phi) is 6.05. The number of halogens is 3. The Balaban J connectivity index is 2.12. The van der Waals surface area contributed by atoms with E-state index >= 15 is 0 Å². The molecule has 32 heavy (non-hydrogen) atoms. The largest absolute Gasteiger partial charge is 0.573 e. The molecule has 1 aromatic rings. The molecule has 2 aliphatic rings. The number of nitrogens with one attached hydrogen (secondary N) is 1. The smallest absolute Gasteiger partial charge is 0.480 e. The van der Waals surface area contributed by atoms with Crippen molar-refractivity contribution in [3.05, 3.63) is 29.8 Å². The minimum atomic E-state index is -4.90. The zero-order valence-corrected chi connectivity index (χ0v) is 18.3. The van der Waals surface area contributed by atoms with Gasteiger partial charge in [0.1, 0.15) is 11.3 Å². The first-order chi connectivity index (χ1) is 14.7. The number of fused-ring (bicyclic) bond motifs is 1. The van der Waals surface area contributed by atoms with Crippen molar-refractivity contribution < 1.29 is 37.4 Å². The standard InChI is InChI=1S/C22H27F3N2O5/c1-5-6-10-21(19(30)31)15-14(17(28)27(18(15)29)20(2,3)4)16(26-21)12-8-7-9-13(11-12)32-22(23,24)25/h7-9,11,14-16,26H,5-6,10H2,1-4H3,(H,30,31). The van der Waals surface area contributed by atoms with Crippen molar-refractivity contribution in [2.45, 2.75) is 70.4 Å². The van der Waals surface area contributed by atoms with Crippen LogP contribution < -0.4 is 10.1 Å². The fourth-order valence-electron chi connectivity index (χ4n) is 4.84. The van der Waals surface area contributed by atoms with E-state index in [2.05, 4.69) is 10.1 Å². The first kappa shape index (κ1) is 24.0. The van der Waals surface area contributed by atoms with Gasteiger partial charge in [-0.2, -0.15) is 0 Å². The van der Waals surface area contributed by atoms with Gasteiger partial charge in [0.2, 0.25) is 11.8 Å². The number of likely N-dealkylation sites (tertiary alicyclic amines) is 1. The van der Waals surface area contributed by atoms with Gasteiger partial charge < -0.3 is 9.84 Å². The van der Waals surface area contributed by atoms with Crippen molar-refractivity contribution in [2.75, 3.05) is 0 Å². The Morgan fingerprint density at radius 2 is 1.88 bits per heavy atom. The predicted molar refractivity (Wildman–Crippen MR) is 107 cm³/mol. The first-order valence-corrected chi connectivity index (χ1v) is 10.5. The third kappa shape index (κ3) is 4.07. The number of amides is 2. The van der Waals surface area contributed by atoms with E-state index in [9.17, 15) is 32.7 Å². The number of carboxylic acid groups (broad SMARTS) is 1. The summed E-state index contributed by atoms with van der Waals surface area (Å²) in [7, 11) is 0. The summed E-state index contributed by atoms with van der Waals surface area (Å²) in [6.45, 7) is 6.91. The van der Waals surface area contributed by atoms with E-state index in [-0.39, 0.29) is 12.0 Å². The number of nitrogens with zero attached hydrogens (tertiary/aromatic N) is 1. The van der Waals surface area contributed by atoms with Crippen LogP contribution in [0.1, 0.15) is 58.6 Å². The number of alkyl halides is 3. The van der Waals surface area contributed by atoms with E-state index in [1.54, 1.807) is 20.8 Å². The molecule has 176 valence electrons. The van der Waals surface area contributed by atoms with Crippen molar-refractivity contribution >= 4 is 17.8 Å². The second-order valence-electron chi connectivity index (χ2n) is 9.31. The predicted octanol–water partition coefficient (Wildman–Crippen LogP) is 3.64. The van der Waals surface area contributed by atoms with Gasteiger partial charge in [-0.1, -0.05) is 31.9 Å². The molecular formula is C22H27F3N2O5. The van der Waals surface area contributed by atoms with Crippen LogP contribution in [-0.2, 0) is 14.4 Å². The van der Waals surface area contributed by atoms with Crippen LogP contribution in [-0.4, -0.2) is 45.2 Å². The minimum Gasteiger partial charge on any atom is -0.480 e. The monoisotopic (exact) mass is 456 g/mol. The number of ether oxygens (including phenoxy) is 1. The van der Waals surface area contributed by atoms with Gasteiger partial charge in [0, 0.05) is 11.6 Å². The lowest BCUT2D eigenvalue weighted by molar-refractivity contribution is -0.274. The highest BCUT2D eigenvalue weighted by Crippen LogP contribution is 2.52. The third-order valence-electron chi connectivity index (χ3n) is 6.08. The number of hydrogen-bond acceptors (Lipinski definition) is 5. The lowest BCUT2D eigenvalue weighted by Gasteiger charge is -2.35. The Labute approximate surface area is 183 Å². The number of rotatable bonds is 6. The number of carboxylic acids is 1. The topological polar surface area (TPSA) is 95.9 Å². The molecule has 4 unspecified atom stereocenters. The van der Waals surface area contributed by atoms with Crippen LogP contribution in [0.2, 0.25) is 0 Å². The van der Waals surface area contributed by atoms with Crippen LogP contribution in [0.5, 0.6) is 5.75 Å². The van der Waals surface area contributed by atoms with Crippen molar-refractivity contribution in [2.24, 2.45) is 11.8 Å². The third-order valence-corrected chi connectivity index (χ3v) is 6.08. The van der Waals surface area contributed by atoms with Crippen LogP contribution in [0.25, 0.3) is 0 Å². The zero-order valence-electron chi connectivity index (χ0n) is 18.3. The van der Waals surface area contributed by atoms with Crippen LogP contribution in [0, 0.1) is 11.8 Å². The molecule has 2 N–H and O–H groups in total. The number of aliphatic carboxylic acids is 1. The summed E-state index contributed by atoms with van der Waals surface area (Å²) in [6, 6.07) is 4.11. The van der Waals surface area contributed by atoms with Crippen molar-refractivity contribution in [1.29, 1.82) is 0 Å². The van der Waals surface area contributed by atoms with Gasteiger partial charge in [0.15, 0.2) is 0 Å². The molecule has 2 saturated heterocycles. The molecule has 0 aromatic heterocycles. The van der Waals surface area contributed by atoms with Gasteiger partial charge in [-0.25, -0.2) is 0 Å². The maximum Gasteiger partial charge on any atom is 0.573 e. The van der Waals surface area contributed by atoms with Crippen molar-refractivity contribution in [3.8, 4) is 5.75 Å². The minimum absolute atomic E-state index is 0.103. The second kappa shape index (κ2) is 8.06. The van der Waals surface area contributed by atoms with Crippen LogP contribution in [0.3, 0.4) is 0 Å². The van der Waals surface area contributed by atoms with Gasteiger partial charge >= 0.3 is 12.3 Å². The summed E-state index contributed by atoms with van der Waals surface area (Å²) in [6.07, 6.45) is -3.65. The highest BCUT2D eigenvalue weighted by atomic mass is 19.4. The first-order valence-electron chi connectivity index (χ1n) is 10.5. The molecule has 2 amide bonds. The molecule has 3 rings (SSSR count). The van der Waals surface area contributed by atoms with E-state index < -0.39 is 58.9 Å². The second-order valence-corrected chi connectivity index (χ2v) is 9.31. The summed E-state index contributed by atoms with van der Waals surface area (Å²) < 4.78 is 42.1. The highest BCUT2D eigenvalue weighted by Gasteiger charge is 2.69. The summed E-state index contributed by atoms with van der Waals surface area (Å²) in [5.74, 6) is -5.09. The van der Waals surface area contributed by atoms with Gasteiger partial charge in [-0.3, -0.25) is 24.6 Å². The molecule has 2 aliphatic heterocycles. The van der Waals surface area contributed by atoms with Crippen LogP contribution >= 0.6 is 0 Å². The Hall–Kier alpha value is -2.62. The van der Waals surface area contributed by atoms with Gasteiger partial charge in [-0.15, -0.1) is 13.2 Å². The number of unbranched alkanes of at least 4 members (excludes halogenated alkanes) is 1. The Morgan fingerprint density at radius 3 is 2.41 bits per heavy atom. The van der Waals surface area contributed by atoms with E-state index in [0.717, 1.165) is 17.0 Å². The zero-order chi connectivity index (χ0) is 24.1. The molecule has 2 heterocycles. The molecule has 0 saturated carbocycles. The van der Waals surface area contributed by atoms with E-state index in [0.29, 0.717) is 12.8 Å². The molecule has 0 aliphatic carbocycles. The number of carbonyl (C=O) groups is 3. The molecule has 0 bridgehead atoms. The summed E-state index contributed by atoms with van der Waals surface area (Å²) in [5.41, 5.74) is -2.34. The molecule has 0 spiro atoms. The SMILES string of the molecule is CCCCC1(C(=O)O)NC(c2cccc(OC(F)(F)F)c2)C2C(=O)N(C(C)(C)C)C(=O)C21. The number of hydrogen-bond donors (Lipinski definition) is 2. The summed E-state index contributed by atoms with van der Waals surface area (Å²) in [5, 5.41) is 13.2. The highest BCUT2D eigenvalue weighted by molar-refractivity contribution is 6.10. The van der Waals surface area contributed by atoms with Crippen molar-refractivity contribution in [1.82, 2.24) is 10.2 Å². The van der Waals surface area contributed by atoms with Gasteiger partial charge in [0.25, 0.3) is 0 Å². The fraction of sp³-hybridized carbons (Fsp3) is 0.591. The van der Waals surface area contributed by atoms with E-state index in [4.69, 9.17) is 0 Å². The lowest BCUT2D eigenvalue weighted by Crippen LogP contribution is -2.57. The maximum atomic E-state index is 13.4.